The van der Waals surface area contributed by atoms with Gasteiger partial charge in [-0.3, -0.25) is 9.59 Å². The minimum absolute atomic E-state index is 0.0417. The van der Waals surface area contributed by atoms with E-state index in [4.69, 9.17) is 12.7 Å². The summed E-state index contributed by atoms with van der Waals surface area (Å²) in [5, 5.41) is 2.10. The van der Waals surface area contributed by atoms with E-state index in [0.717, 1.165) is 0 Å². The van der Waals surface area contributed by atoms with Gasteiger partial charge in [0.25, 0.3) is 10.9 Å². The van der Waals surface area contributed by atoms with Crippen LogP contribution in [0.2, 0.25) is 0 Å². The Morgan fingerprint density at radius 3 is 2.55 bits per heavy atom. The predicted octanol–water partition coefficient (Wildman–Crippen LogP) is -0.823. The summed E-state index contributed by atoms with van der Waals surface area (Å²) in [6, 6.07) is 0. The summed E-state index contributed by atoms with van der Waals surface area (Å²) >= 11 is 0. The van der Waals surface area contributed by atoms with Gasteiger partial charge in [0, 0.05) is 0 Å². The molecule has 1 rings (SSSR count). The Hall–Kier alpha value is -1.26. The molecule has 0 aliphatic heterocycles. The Labute approximate surface area is 64.3 Å². The van der Waals surface area contributed by atoms with Crippen molar-refractivity contribution in [2.45, 2.75) is 6.92 Å². The van der Waals surface area contributed by atoms with E-state index in [1.165, 1.54) is 0 Å². The van der Waals surface area contributed by atoms with Crippen LogP contribution in [-0.2, 0) is 0 Å². The van der Waals surface area contributed by atoms with E-state index in [2.05, 4.69) is 5.23 Å². The lowest BCUT2D eigenvalue weighted by atomic mass is 10.2. The van der Waals surface area contributed by atoms with Gasteiger partial charge in [0.1, 0.15) is 5.69 Å². The summed E-state index contributed by atoms with van der Waals surface area (Å²) in [4.78, 5) is 21.3. The molecule has 1 N–H and O–H groups in total. The second-order valence-corrected chi connectivity index (χ2v) is 1.94. The first-order chi connectivity index (χ1) is 5.22. The van der Waals surface area contributed by atoms with Crippen LogP contribution in [-0.4, -0.2) is 14.6 Å². The average molecular weight is 151 g/mol. The summed E-state index contributed by atoms with van der Waals surface area (Å²) in [6.45, 7) is 2.07. The highest BCUT2D eigenvalue weighted by atomic mass is 16.5. The normalized spacial score (nSPS) is 9.91. The summed E-state index contributed by atoms with van der Waals surface area (Å²) < 4.78 is 4.83. The van der Waals surface area contributed by atoms with Gasteiger partial charge in [0.2, 0.25) is 7.98 Å². The Morgan fingerprint density at radius 1 is 1.45 bits per heavy atom. The van der Waals surface area contributed by atoms with Crippen LogP contribution in [0.4, 0.5) is 5.69 Å². The molecule has 1 aromatic carbocycles. The molecule has 0 aromatic heterocycles. The number of hydrogen-bond donors (Lipinski definition) is 1. The quantitative estimate of drug-likeness (QED) is 0.452. The Morgan fingerprint density at radius 2 is 2.09 bits per heavy atom. The smallest absolute Gasteiger partial charge is 0.271 e. The van der Waals surface area contributed by atoms with Crippen molar-refractivity contribution in [1.82, 2.24) is 0 Å². The van der Waals surface area contributed by atoms with Crippen molar-refractivity contribution in [3.63, 3.8) is 0 Å². The fraction of sp³-hybridized carbons (Fsp3) is 0.333. The summed E-state index contributed by atoms with van der Waals surface area (Å²) in [7, 11) is 4.95. The van der Waals surface area contributed by atoms with Gasteiger partial charge in [-0.15, -0.1) is 0 Å². The Kier molecular flexibility index (Phi) is 1.98. The molecule has 0 spiro atoms. The molecular weight excluding hydrogens is 145 g/mol. The zero-order valence-corrected chi connectivity index (χ0v) is 6.01. The zero-order chi connectivity index (χ0) is 8.43. The van der Waals surface area contributed by atoms with Crippen LogP contribution in [0, 0.1) is 0 Å². The van der Waals surface area contributed by atoms with Crippen molar-refractivity contribution in [1.29, 1.82) is 0 Å². The lowest BCUT2D eigenvalue weighted by Crippen LogP contribution is -2.35. The number of nitrogens with one attached hydrogen (secondary N) is 1. The molecule has 0 bridgehead atoms. The largest absolute Gasteiger partial charge is 0.488 e. The number of rotatable bonds is 3. The monoisotopic (exact) mass is 151 g/mol. The Bertz CT molecular complexity index is 326. The van der Waals surface area contributed by atoms with Crippen LogP contribution < -0.4 is 20.8 Å². The molecule has 0 saturated heterocycles. The van der Waals surface area contributed by atoms with Crippen LogP contribution >= 0.6 is 0 Å². The molecule has 0 fully saturated rings. The van der Waals surface area contributed by atoms with E-state index >= 15 is 0 Å². The lowest BCUT2D eigenvalue weighted by Gasteiger charge is -2.09. The average Bonchev–Trinajstić information content (AvgIpc) is 2.04. The van der Waals surface area contributed by atoms with Gasteiger partial charge in [-0.25, -0.2) is 0 Å². The SMILES string of the molecule is [B]Nc1c(OCC)c(=O)c1=O. The van der Waals surface area contributed by atoms with Crippen LogP contribution in [0.5, 0.6) is 5.75 Å². The predicted molar refractivity (Wildman–Crippen MR) is 41.9 cm³/mol. The highest BCUT2D eigenvalue weighted by Gasteiger charge is 2.19. The van der Waals surface area contributed by atoms with Gasteiger partial charge in [0.15, 0.2) is 5.75 Å². The summed E-state index contributed by atoms with van der Waals surface area (Å²) in [6.07, 6.45) is 0. The molecule has 11 heavy (non-hydrogen) atoms. The maximum absolute atomic E-state index is 10.7. The molecule has 0 unspecified atom stereocenters. The molecule has 0 amide bonds. The number of anilines is 1. The molecular formula is C6H6BNO3. The minimum atomic E-state index is -0.615. The third-order valence-corrected chi connectivity index (χ3v) is 1.30. The van der Waals surface area contributed by atoms with Gasteiger partial charge in [-0.2, -0.15) is 0 Å². The molecule has 0 heterocycles. The van der Waals surface area contributed by atoms with Gasteiger partial charge < -0.3 is 9.96 Å². The molecule has 0 aliphatic carbocycles. The van der Waals surface area contributed by atoms with Crippen LogP contribution in [0.1, 0.15) is 6.92 Å². The molecule has 0 atom stereocenters. The summed E-state index contributed by atoms with van der Waals surface area (Å²) in [5.41, 5.74) is -1.16. The van der Waals surface area contributed by atoms with E-state index in [1.54, 1.807) is 6.92 Å². The Balaban J connectivity index is 2.98. The highest BCUT2D eigenvalue weighted by Crippen LogP contribution is 2.15. The van der Waals surface area contributed by atoms with E-state index in [-0.39, 0.29) is 11.4 Å². The molecule has 5 heteroatoms. The van der Waals surface area contributed by atoms with Crippen molar-refractivity contribution >= 4 is 13.7 Å². The maximum Gasteiger partial charge on any atom is 0.271 e. The van der Waals surface area contributed by atoms with Crippen molar-refractivity contribution < 1.29 is 4.74 Å². The molecule has 0 saturated carbocycles. The van der Waals surface area contributed by atoms with Gasteiger partial charge in [-0.05, 0) is 6.92 Å². The fourth-order valence-electron chi connectivity index (χ4n) is 0.784. The van der Waals surface area contributed by atoms with E-state index in [1.807, 2.05) is 0 Å². The molecule has 0 aliphatic rings. The second kappa shape index (κ2) is 2.78. The standard InChI is InChI=1S/C6H6BNO3/c1-2-11-6-3(8-7)4(9)5(6)10/h8H,2H2,1H3. The third-order valence-electron chi connectivity index (χ3n) is 1.30. The van der Waals surface area contributed by atoms with Crippen molar-refractivity contribution in [3.8, 4) is 5.75 Å². The fourth-order valence-corrected chi connectivity index (χ4v) is 0.784. The van der Waals surface area contributed by atoms with Crippen LogP contribution in [0.25, 0.3) is 0 Å². The van der Waals surface area contributed by atoms with Gasteiger partial charge in [-0.1, -0.05) is 0 Å². The van der Waals surface area contributed by atoms with E-state index < -0.39 is 10.9 Å². The number of hydrogen-bond acceptors (Lipinski definition) is 4. The molecule has 2 radical (unpaired) electrons. The zero-order valence-electron chi connectivity index (χ0n) is 6.01. The van der Waals surface area contributed by atoms with Crippen molar-refractivity contribution in [3.05, 3.63) is 20.4 Å². The van der Waals surface area contributed by atoms with E-state index in [0.29, 0.717) is 6.61 Å². The molecule has 1 aromatic rings. The number of ether oxygens (including phenoxy) is 1. The third kappa shape index (κ3) is 1.02. The topological polar surface area (TPSA) is 55.4 Å². The van der Waals surface area contributed by atoms with Crippen LogP contribution in [0.3, 0.4) is 0 Å². The van der Waals surface area contributed by atoms with Crippen molar-refractivity contribution in [2.75, 3.05) is 11.8 Å². The van der Waals surface area contributed by atoms with E-state index in [9.17, 15) is 9.59 Å². The van der Waals surface area contributed by atoms with Crippen LogP contribution in [0.15, 0.2) is 9.59 Å². The van der Waals surface area contributed by atoms with Crippen molar-refractivity contribution in [2.24, 2.45) is 0 Å². The first-order valence-electron chi connectivity index (χ1n) is 3.15. The first kappa shape index (κ1) is 7.85. The van der Waals surface area contributed by atoms with Gasteiger partial charge in [0.05, 0.1) is 6.61 Å². The molecule has 56 valence electrons. The molecule has 4 nitrogen and oxygen atoms in total. The second-order valence-electron chi connectivity index (χ2n) is 1.94. The lowest BCUT2D eigenvalue weighted by molar-refractivity contribution is 0.335. The van der Waals surface area contributed by atoms with Gasteiger partial charge >= 0.3 is 0 Å². The maximum atomic E-state index is 10.7. The first-order valence-corrected chi connectivity index (χ1v) is 3.15. The summed E-state index contributed by atoms with van der Waals surface area (Å²) in [5.74, 6) is 0.0417. The minimum Gasteiger partial charge on any atom is -0.488 e. The highest BCUT2D eigenvalue weighted by molar-refractivity contribution is 6.16.